The summed E-state index contributed by atoms with van der Waals surface area (Å²) in [5.41, 5.74) is 26.8. The second kappa shape index (κ2) is 12.8. The van der Waals surface area contributed by atoms with E-state index in [1.165, 1.54) is 12.8 Å². The fraction of sp³-hybridized carbons (Fsp3) is 0.562. The van der Waals surface area contributed by atoms with E-state index in [1.807, 2.05) is 48.5 Å². The first kappa shape index (κ1) is 31.4. The molecule has 4 unspecified atom stereocenters. The van der Waals surface area contributed by atoms with Gasteiger partial charge in [-0.1, -0.05) is 0 Å². The lowest BCUT2D eigenvalue weighted by molar-refractivity contribution is -0.913. The van der Waals surface area contributed by atoms with Crippen LogP contribution < -0.4 is 32.7 Å². The molecule has 10 heteroatoms. The smallest absolute Gasteiger partial charge is 0.240 e. The molecule has 2 saturated heterocycles. The molecule has 2 heterocycles. The van der Waals surface area contributed by atoms with Crippen molar-refractivity contribution in [2.45, 2.75) is 62.7 Å². The van der Waals surface area contributed by atoms with E-state index in [0.29, 0.717) is 23.5 Å². The number of hydrogen-bond acceptors (Lipinski definition) is 6. The van der Waals surface area contributed by atoms with Crippen LogP contribution in [0.15, 0.2) is 48.5 Å². The highest BCUT2D eigenvalue weighted by Crippen LogP contribution is 2.32. The average Bonchev–Trinajstić information content (AvgIpc) is 3.59. The number of carbonyl (C=O) groups excluding carboxylic acids is 2. The van der Waals surface area contributed by atoms with Crippen LogP contribution in [0.5, 0.6) is 0 Å². The highest BCUT2D eigenvalue weighted by molar-refractivity contribution is 5.85. The Balaban J connectivity index is 1.24. The molecule has 0 saturated carbocycles. The molecule has 2 aliphatic heterocycles. The summed E-state index contributed by atoms with van der Waals surface area (Å²) in [7, 11) is 9.10. The van der Waals surface area contributed by atoms with Crippen LogP contribution in [0.3, 0.4) is 0 Å². The van der Waals surface area contributed by atoms with Gasteiger partial charge >= 0.3 is 0 Å². The molecule has 2 aliphatic rings. The van der Waals surface area contributed by atoms with Crippen LogP contribution in [0.1, 0.15) is 38.5 Å². The molecule has 2 fully saturated rings. The highest BCUT2D eigenvalue weighted by Gasteiger charge is 2.44. The lowest BCUT2D eigenvalue weighted by Gasteiger charge is -2.37. The fourth-order valence-electron chi connectivity index (χ4n) is 6.84. The number of benzene rings is 2. The molecule has 8 N–H and O–H groups in total. The molecule has 0 spiro atoms. The Kier molecular flexibility index (Phi) is 9.57. The third-order valence-corrected chi connectivity index (χ3v) is 9.86. The molecule has 4 atom stereocenters. The zero-order chi connectivity index (χ0) is 30.7. The van der Waals surface area contributed by atoms with Crippen molar-refractivity contribution in [2.75, 3.05) is 75.6 Å². The maximum Gasteiger partial charge on any atom is 0.240 e. The molecule has 4 rings (SSSR count). The van der Waals surface area contributed by atoms with Crippen LogP contribution in [0.4, 0.5) is 22.7 Å². The van der Waals surface area contributed by atoms with Crippen LogP contribution in [-0.4, -0.2) is 99.3 Å². The number of nitrogens with zero attached hydrogens (tertiary/aromatic N) is 4. The Hall–Kier alpha value is -3.50. The number of hydrogen-bond donors (Lipinski definition) is 4. The van der Waals surface area contributed by atoms with Crippen LogP contribution in [-0.2, 0) is 9.59 Å². The monoisotopic (exact) mass is 580 g/mol. The molecule has 230 valence electrons. The van der Waals surface area contributed by atoms with E-state index in [0.717, 1.165) is 72.2 Å². The van der Waals surface area contributed by atoms with Crippen molar-refractivity contribution in [3.05, 3.63) is 48.5 Å². The quantitative estimate of drug-likeness (QED) is 0.162. The van der Waals surface area contributed by atoms with Gasteiger partial charge in [0.1, 0.15) is 24.2 Å². The van der Waals surface area contributed by atoms with Crippen molar-refractivity contribution < 1.29 is 18.6 Å². The van der Waals surface area contributed by atoms with E-state index in [9.17, 15) is 9.59 Å². The molecule has 2 amide bonds. The number of quaternary nitrogens is 2. The van der Waals surface area contributed by atoms with E-state index in [4.69, 9.17) is 22.9 Å². The summed E-state index contributed by atoms with van der Waals surface area (Å²) >= 11 is 0. The molecule has 0 bridgehead atoms. The van der Waals surface area contributed by atoms with Gasteiger partial charge in [0.15, 0.2) is 0 Å². The fourth-order valence-corrected chi connectivity index (χ4v) is 6.84. The minimum atomic E-state index is -0.295. The van der Waals surface area contributed by atoms with Crippen LogP contribution in [0.2, 0.25) is 0 Å². The third-order valence-electron chi connectivity index (χ3n) is 9.86. The van der Waals surface area contributed by atoms with E-state index >= 15 is 0 Å². The Morgan fingerprint density at radius 3 is 1.29 bits per heavy atom. The Bertz CT molecular complexity index is 1120. The lowest BCUT2D eigenvalue weighted by Crippen LogP contribution is -2.51. The number of anilines is 4. The van der Waals surface area contributed by atoms with Gasteiger partial charge in [0.2, 0.25) is 11.8 Å². The molecule has 0 aromatic heterocycles. The number of unbranched alkanes of at least 4 members (excludes halogenated alkanes) is 3. The second-order valence-corrected chi connectivity index (χ2v) is 13.5. The summed E-state index contributed by atoms with van der Waals surface area (Å²) in [6, 6.07) is 15.5. The molecular formula is C32H52N8O2+2. The SMILES string of the molecule is C[N+](C)(CCCCCC[N+](C)(C)C1CC(C(N)=O)N(c2ccc(N)cc2)C1)C1CC(C(N)=O)N(c2ccc(N)cc2)C1. The van der Waals surface area contributed by atoms with E-state index < -0.39 is 0 Å². The predicted octanol–water partition coefficient (Wildman–Crippen LogP) is 2.13. The van der Waals surface area contributed by atoms with Gasteiger partial charge in [-0.25, -0.2) is 0 Å². The van der Waals surface area contributed by atoms with Crippen molar-refractivity contribution in [2.24, 2.45) is 11.5 Å². The third kappa shape index (κ3) is 7.28. The summed E-state index contributed by atoms with van der Waals surface area (Å²) < 4.78 is 1.74. The van der Waals surface area contributed by atoms with Gasteiger partial charge in [-0.2, -0.15) is 0 Å². The first-order valence-corrected chi connectivity index (χ1v) is 15.3. The van der Waals surface area contributed by atoms with Crippen molar-refractivity contribution in [3.8, 4) is 0 Å². The summed E-state index contributed by atoms with van der Waals surface area (Å²) in [5.74, 6) is -0.535. The normalized spacial score (nSPS) is 23.0. The van der Waals surface area contributed by atoms with Crippen molar-refractivity contribution >= 4 is 34.6 Å². The Morgan fingerprint density at radius 1 is 0.643 bits per heavy atom. The molecule has 10 nitrogen and oxygen atoms in total. The van der Waals surface area contributed by atoms with Crippen LogP contribution in [0, 0.1) is 0 Å². The largest absolute Gasteiger partial charge is 0.399 e. The standard InChI is InChI=1S/C32H50N8O2/c1-39(2,27-19-29(31(35)41)37(21-27)25-13-9-23(33)10-14-25)17-7-5-6-8-18-40(3,4)28-20-30(32(36)42)38(22-28)26-15-11-24(34)12-16-26/h9-16,27-30H,5-8,17-22,33-34H2,1-4H3,(H2-2,35,36,41,42)/p+2. The number of amides is 2. The number of nitrogens with two attached hydrogens (primary N) is 4. The predicted molar refractivity (Wildman–Crippen MR) is 172 cm³/mol. The average molecular weight is 581 g/mol. The van der Waals surface area contributed by atoms with Crippen LogP contribution in [0.25, 0.3) is 0 Å². The summed E-state index contributed by atoms with van der Waals surface area (Å²) in [5, 5.41) is 0. The maximum atomic E-state index is 12.3. The van der Waals surface area contributed by atoms with Gasteiger partial charge in [0.25, 0.3) is 0 Å². The van der Waals surface area contributed by atoms with Gasteiger partial charge in [-0.3, -0.25) is 9.59 Å². The van der Waals surface area contributed by atoms with Gasteiger partial charge in [0.05, 0.1) is 54.4 Å². The molecule has 0 aliphatic carbocycles. The number of carbonyl (C=O) groups is 2. The first-order chi connectivity index (χ1) is 19.8. The van der Waals surface area contributed by atoms with Crippen molar-refractivity contribution in [1.29, 1.82) is 0 Å². The zero-order valence-corrected chi connectivity index (χ0v) is 25.9. The topological polar surface area (TPSA) is 145 Å². The molecule has 0 radical (unpaired) electrons. The van der Waals surface area contributed by atoms with Gasteiger partial charge in [-0.15, -0.1) is 0 Å². The van der Waals surface area contributed by atoms with Crippen LogP contribution >= 0.6 is 0 Å². The molecular weight excluding hydrogens is 528 g/mol. The Labute approximate surface area is 251 Å². The van der Waals surface area contributed by atoms with Crippen molar-refractivity contribution in [1.82, 2.24) is 0 Å². The zero-order valence-electron chi connectivity index (χ0n) is 25.9. The highest BCUT2D eigenvalue weighted by atomic mass is 16.2. The first-order valence-electron chi connectivity index (χ1n) is 15.3. The number of nitrogen functional groups attached to an aromatic ring is 2. The van der Waals surface area contributed by atoms with E-state index in [1.54, 1.807) is 0 Å². The van der Waals surface area contributed by atoms with Gasteiger partial charge in [0, 0.05) is 35.6 Å². The number of likely N-dealkylation sites (N-methyl/N-ethyl adjacent to an activating group) is 2. The Morgan fingerprint density at radius 2 is 0.976 bits per heavy atom. The van der Waals surface area contributed by atoms with E-state index in [-0.39, 0.29) is 23.9 Å². The molecule has 2 aromatic carbocycles. The lowest BCUT2D eigenvalue weighted by atomic mass is 10.1. The number of rotatable bonds is 13. The summed E-state index contributed by atoms with van der Waals surface area (Å²) in [6.45, 7) is 3.72. The molecule has 2 aromatic rings. The molecule has 42 heavy (non-hydrogen) atoms. The summed E-state index contributed by atoms with van der Waals surface area (Å²) in [4.78, 5) is 28.9. The second-order valence-electron chi connectivity index (χ2n) is 13.5. The minimum Gasteiger partial charge on any atom is -0.399 e. The summed E-state index contributed by atoms with van der Waals surface area (Å²) in [6.07, 6.45) is 6.14. The van der Waals surface area contributed by atoms with E-state index in [2.05, 4.69) is 38.0 Å². The maximum absolute atomic E-state index is 12.3. The van der Waals surface area contributed by atoms with Gasteiger partial charge < -0.3 is 41.7 Å². The van der Waals surface area contributed by atoms with Gasteiger partial charge in [-0.05, 0) is 74.2 Å². The van der Waals surface area contributed by atoms with Crippen molar-refractivity contribution in [3.63, 3.8) is 0 Å². The minimum absolute atomic E-state index is 0.268. The number of primary amides is 2.